The fraction of sp³-hybridized carbons (Fsp3) is 0.471. The quantitative estimate of drug-likeness (QED) is 0.610. The number of benzene rings is 1. The van der Waals surface area contributed by atoms with Crippen LogP contribution < -0.4 is 4.74 Å². The van der Waals surface area contributed by atoms with E-state index in [1.54, 1.807) is 0 Å². The average Bonchev–Trinajstić information content (AvgIpc) is 2.97. The van der Waals surface area contributed by atoms with Gasteiger partial charge in [-0.25, -0.2) is 0 Å². The number of ether oxygens (including phenoxy) is 2. The first-order valence-electron chi connectivity index (χ1n) is 7.77. The van der Waals surface area contributed by atoms with Gasteiger partial charge in [-0.15, -0.1) is 0 Å². The maximum Gasteiger partial charge on any atom is 0.306 e. The molecule has 136 valence electrons. The van der Waals surface area contributed by atoms with E-state index in [2.05, 4.69) is 0 Å². The van der Waals surface area contributed by atoms with Gasteiger partial charge in [0, 0.05) is 28.3 Å². The Kier molecular flexibility index (Phi) is 5.23. The largest absolute Gasteiger partial charge is 0.487 e. The van der Waals surface area contributed by atoms with Crippen LogP contribution in [0.5, 0.6) is 5.75 Å². The maximum absolute atomic E-state index is 14.1. The number of rotatable bonds is 5. The molecular formula is C17H16Cl2F2O4. The van der Waals surface area contributed by atoms with Crippen molar-refractivity contribution in [2.24, 2.45) is 11.8 Å². The maximum atomic E-state index is 14.1. The number of esters is 1. The number of hydrogen-bond acceptors (Lipinski definition) is 4. The Morgan fingerprint density at radius 2 is 2.00 bits per heavy atom. The highest BCUT2D eigenvalue weighted by atomic mass is 35.5. The number of alkyl halides is 2. The van der Waals surface area contributed by atoms with Crippen LogP contribution in [0.15, 0.2) is 30.4 Å². The Morgan fingerprint density at radius 3 is 2.68 bits per heavy atom. The molecule has 1 N–H and O–H groups in total. The normalized spacial score (nSPS) is 29.1. The summed E-state index contributed by atoms with van der Waals surface area (Å²) in [7, 11) is 0. The molecule has 1 aromatic rings. The van der Waals surface area contributed by atoms with Crippen molar-refractivity contribution in [3.63, 3.8) is 0 Å². The first-order valence-corrected chi connectivity index (χ1v) is 8.53. The smallest absolute Gasteiger partial charge is 0.306 e. The fourth-order valence-corrected chi connectivity index (χ4v) is 3.78. The van der Waals surface area contributed by atoms with Gasteiger partial charge in [-0.3, -0.25) is 4.79 Å². The van der Waals surface area contributed by atoms with Crippen molar-refractivity contribution in [1.29, 1.82) is 0 Å². The van der Waals surface area contributed by atoms with E-state index in [-0.39, 0.29) is 40.5 Å². The standard InChI is InChI=1S/C17H16Cl2F2O4/c18-9-3-10(19)5-11(4-9)24-8-17(20,21)2-1-12-13-6-16(23)25-15(13)7-14(12)22/h1-5,12-15,22H,6-8H2/b2-1+/t12-,13-,14-,15+/m1/s1. The van der Waals surface area contributed by atoms with Crippen LogP contribution >= 0.6 is 23.2 Å². The molecule has 25 heavy (non-hydrogen) atoms. The van der Waals surface area contributed by atoms with Crippen LogP contribution in [0.25, 0.3) is 0 Å². The van der Waals surface area contributed by atoms with Crippen molar-refractivity contribution in [2.75, 3.05) is 6.61 Å². The van der Waals surface area contributed by atoms with Crippen LogP contribution in [0.3, 0.4) is 0 Å². The van der Waals surface area contributed by atoms with E-state index in [0.717, 1.165) is 0 Å². The first kappa shape index (κ1) is 18.4. The molecule has 1 saturated carbocycles. The molecule has 2 fully saturated rings. The number of carbonyl (C=O) groups is 1. The molecule has 1 aliphatic heterocycles. The van der Waals surface area contributed by atoms with Gasteiger partial charge in [0.25, 0.3) is 5.92 Å². The SMILES string of the molecule is O=C1C[C@@H]2[C@@H](/C=C/C(F)(F)COc3cc(Cl)cc(Cl)c3)[C@H](O)C[C@@H]2O1. The Balaban J connectivity index is 1.62. The summed E-state index contributed by atoms with van der Waals surface area (Å²) in [4.78, 5) is 11.3. The van der Waals surface area contributed by atoms with Crippen molar-refractivity contribution >= 4 is 29.2 Å². The minimum absolute atomic E-state index is 0.139. The number of carbonyl (C=O) groups excluding carboxylic acids is 1. The highest BCUT2D eigenvalue weighted by Crippen LogP contribution is 2.42. The zero-order valence-corrected chi connectivity index (χ0v) is 14.5. The molecule has 0 spiro atoms. The Morgan fingerprint density at radius 1 is 1.32 bits per heavy atom. The van der Waals surface area contributed by atoms with Crippen molar-refractivity contribution in [3.05, 3.63) is 40.4 Å². The molecule has 4 atom stereocenters. The van der Waals surface area contributed by atoms with Crippen molar-refractivity contribution in [2.45, 2.75) is 31.0 Å². The predicted octanol–water partition coefficient (Wildman–Crippen LogP) is 3.88. The van der Waals surface area contributed by atoms with Crippen LogP contribution in [0.4, 0.5) is 8.78 Å². The van der Waals surface area contributed by atoms with E-state index in [0.29, 0.717) is 6.08 Å². The fourth-order valence-electron chi connectivity index (χ4n) is 3.28. The lowest BCUT2D eigenvalue weighted by atomic mass is 9.91. The third kappa shape index (κ3) is 4.43. The molecule has 2 aliphatic rings. The lowest BCUT2D eigenvalue weighted by molar-refractivity contribution is -0.141. The molecule has 0 unspecified atom stereocenters. The molecular weight excluding hydrogens is 377 g/mol. The van der Waals surface area contributed by atoms with Gasteiger partial charge in [0.1, 0.15) is 11.9 Å². The third-order valence-electron chi connectivity index (χ3n) is 4.40. The topological polar surface area (TPSA) is 55.8 Å². The summed E-state index contributed by atoms with van der Waals surface area (Å²) in [6, 6.07) is 4.25. The highest BCUT2D eigenvalue weighted by Gasteiger charge is 2.48. The third-order valence-corrected chi connectivity index (χ3v) is 4.84. The molecule has 3 rings (SSSR count). The van der Waals surface area contributed by atoms with Crippen molar-refractivity contribution in [1.82, 2.24) is 0 Å². The zero-order valence-electron chi connectivity index (χ0n) is 13.0. The van der Waals surface area contributed by atoms with E-state index < -0.39 is 30.7 Å². The van der Waals surface area contributed by atoms with Crippen LogP contribution in [-0.2, 0) is 9.53 Å². The van der Waals surface area contributed by atoms with E-state index in [4.69, 9.17) is 32.7 Å². The number of fused-ring (bicyclic) bond motifs is 1. The minimum Gasteiger partial charge on any atom is -0.487 e. The molecule has 1 aliphatic carbocycles. The summed E-state index contributed by atoms with van der Waals surface area (Å²) in [5.41, 5.74) is 0. The van der Waals surface area contributed by atoms with Crippen LogP contribution in [0, 0.1) is 11.8 Å². The Labute approximate surface area is 153 Å². The second-order valence-corrected chi connectivity index (χ2v) is 7.16. The Hall–Kier alpha value is -1.37. The highest BCUT2D eigenvalue weighted by molar-refractivity contribution is 6.34. The molecule has 1 saturated heterocycles. The summed E-state index contributed by atoms with van der Waals surface area (Å²) in [6.07, 6.45) is 1.18. The second-order valence-electron chi connectivity index (χ2n) is 6.29. The van der Waals surface area contributed by atoms with Crippen molar-refractivity contribution < 1.29 is 28.2 Å². The molecule has 8 heteroatoms. The molecule has 1 aromatic carbocycles. The summed E-state index contributed by atoms with van der Waals surface area (Å²) in [5, 5.41) is 10.6. The van der Waals surface area contributed by atoms with Gasteiger partial charge < -0.3 is 14.6 Å². The minimum atomic E-state index is -3.25. The number of hydrogen-bond donors (Lipinski definition) is 1. The molecule has 0 aromatic heterocycles. The monoisotopic (exact) mass is 392 g/mol. The summed E-state index contributed by atoms with van der Waals surface area (Å²) in [6.45, 7) is -0.896. The summed E-state index contributed by atoms with van der Waals surface area (Å²) < 4.78 is 38.3. The lowest BCUT2D eigenvalue weighted by Crippen LogP contribution is -2.25. The van der Waals surface area contributed by atoms with Gasteiger partial charge in [0.2, 0.25) is 0 Å². The van der Waals surface area contributed by atoms with Crippen LogP contribution in [0.2, 0.25) is 10.0 Å². The van der Waals surface area contributed by atoms with Gasteiger partial charge in [0.05, 0.1) is 12.5 Å². The number of halogens is 4. The Bertz CT molecular complexity index is 675. The summed E-state index contributed by atoms with van der Waals surface area (Å²) in [5.74, 6) is -4.27. The number of aliphatic hydroxyl groups excluding tert-OH is 1. The van der Waals surface area contributed by atoms with Crippen LogP contribution in [0.1, 0.15) is 12.8 Å². The zero-order chi connectivity index (χ0) is 18.2. The van der Waals surface area contributed by atoms with E-state index in [9.17, 15) is 18.7 Å². The van der Waals surface area contributed by atoms with E-state index in [1.807, 2.05) is 0 Å². The summed E-state index contributed by atoms with van der Waals surface area (Å²) >= 11 is 11.6. The van der Waals surface area contributed by atoms with Crippen LogP contribution in [-0.4, -0.2) is 35.8 Å². The lowest BCUT2D eigenvalue weighted by Gasteiger charge is -2.17. The first-order chi connectivity index (χ1) is 11.7. The number of aliphatic hydroxyl groups is 1. The van der Waals surface area contributed by atoms with Gasteiger partial charge in [-0.2, -0.15) is 8.78 Å². The molecule has 0 radical (unpaired) electrons. The van der Waals surface area contributed by atoms with Gasteiger partial charge in [-0.1, -0.05) is 29.3 Å². The molecule has 1 heterocycles. The predicted molar refractivity (Wildman–Crippen MR) is 88.1 cm³/mol. The molecule has 0 amide bonds. The molecule has 0 bridgehead atoms. The molecule has 4 nitrogen and oxygen atoms in total. The second kappa shape index (κ2) is 7.09. The van der Waals surface area contributed by atoms with E-state index >= 15 is 0 Å². The average molecular weight is 393 g/mol. The van der Waals surface area contributed by atoms with Gasteiger partial charge in [-0.05, 0) is 24.3 Å². The van der Waals surface area contributed by atoms with Gasteiger partial charge >= 0.3 is 5.97 Å². The van der Waals surface area contributed by atoms with Gasteiger partial charge in [0.15, 0.2) is 6.61 Å². The van der Waals surface area contributed by atoms with E-state index in [1.165, 1.54) is 24.3 Å². The van der Waals surface area contributed by atoms with Crippen molar-refractivity contribution in [3.8, 4) is 5.75 Å².